The van der Waals surface area contributed by atoms with Gasteiger partial charge in [-0.3, -0.25) is 14.5 Å². The van der Waals surface area contributed by atoms with E-state index in [1.807, 2.05) is 12.1 Å². The molecule has 0 bridgehead atoms. The van der Waals surface area contributed by atoms with Crippen LogP contribution in [0.3, 0.4) is 0 Å². The Morgan fingerprint density at radius 2 is 1.69 bits per heavy atom. The van der Waals surface area contributed by atoms with Crippen LogP contribution in [0.15, 0.2) is 53.4 Å². The molecule has 0 spiro atoms. The van der Waals surface area contributed by atoms with E-state index in [9.17, 15) is 18.0 Å². The molecule has 1 heterocycles. The van der Waals surface area contributed by atoms with Gasteiger partial charge in [-0.2, -0.15) is 0 Å². The topological polar surface area (TPSA) is 90.0 Å². The molecule has 2 aromatic rings. The lowest BCUT2D eigenvalue weighted by Gasteiger charge is -2.35. The Kier molecular flexibility index (Phi) is 7.65. The van der Waals surface area contributed by atoms with Crippen LogP contribution in [0.2, 0.25) is 0 Å². The van der Waals surface area contributed by atoms with Crippen LogP contribution < -0.4 is 5.32 Å². The Labute approximate surface area is 189 Å². The summed E-state index contributed by atoms with van der Waals surface area (Å²) in [7, 11) is -0.774. The largest absolute Gasteiger partial charge is 0.343 e. The maximum atomic E-state index is 12.6. The summed E-state index contributed by atoms with van der Waals surface area (Å²) in [5.74, 6) is -0.627. The second kappa shape index (κ2) is 10.2. The van der Waals surface area contributed by atoms with Gasteiger partial charge < -0.3 is 10.2 Å². The lowest BCUT2D eigenvalue weighted by atomic mass is 10.1. The van der Waals surface area contributed by atoms with E-state index in [2.05, 4.69) is 29.3 Å². The minimum absolute atomic E-state index is 0.0336. The number of rotatable bonds is 7. The van der Waals surface area contributed by atoms with Crippen molar-refractivity contribution in [1.82, 2.24) is 19.4 Å². The van der Waals surface area contributed by atoms with Gasteiger partial charge in [-0.1, -0.05) is 30.3 Å². The standard InChI is InChI=1S/C23H30N4O4S/c1-18-7-4-5-8-20(18)17-26-11-13-27(14-12-26)22(28)16-24-23(29)19-9-6-10-21(15-19)32(30,31)25(2)3/h4-10,15H,11-14,16-17H2,1-3H3,(H,24,29). The normalized spacial score (nSPS) is 15.1. The zero-order valence-electron chi connectivity index (χ0n) is 18.7. The van der Waals surface area contributed by atoms with Crippen molar-refractivity contribution < 1.29 is 18.0 Å². The molecule has 3 rings (SSSR count). The van der Waals surface area contributed by atoms with Gasteiger partial charge in [0, 0.05) is 52.4 Å². The van der Waals surface area contributed by atoms with Gasteiger partial charge in [0.15, 0.2) is 0 Å². The molecule has 0 atom stereocenters. The smallest absolute Gasteiger partial charge is 0.251 e. The minimum Gasteiger partial charge on any atom is -0.343 e. The highest BCUT2D eigenvalue weighted by molar-refractivity contribution is 7.89. The minimum atomic E-state index is -3.64. The first-order chi connectivity index (χ1) is 15.2. The highest BCUT2D eigenvalue weighted by Gasteiger charge is 2.23. The predicted octanol–water partition coefficient (Wildman–Crippen LogP) is 1.32. The van der Waals surface area contributed by atoms with Gasteiger partial charge in [0.25, 0.3) is 5.91 Å². The molecule has 8 nitrogen and oxygen atoms in total. The first-order valence-corrected chi connectivity index (χ1v) is 12.0. The van der Waals surface area contributed by atoms with Crippen molar-refractivity contribution in [2.24, 2.45) is 0 Å². The number of amides is 2. The van der Waals surface area contributed by atoms with Crippen molar-refractivity contribution in [2.45, 2.75) is 18.4 Å². The van der Waals surface area contributed by atoms with E-state index >= 15 is 0 Å². The second-order valence-electron chi connectivity index (χ2n) is 8.08. The highest BCUT2D eigenvalue weighted by atomic mass is 32.2. The van der Waals surface area contributed by atoms with Crippen molar-refractivity contribution in [3.8, 4) is 0 Å². The maximum absolute atomic E-state index is 12.6. The van der Waals surface area contributed by atoms with Gasteiger partial charge in [-0.05, 0) is 36.2 Å². The predicted molar refractivity (Wildman–Crippen MR) is 123 cm³/mol. The molecule has 1 fully saturated rings. The van der Waals surface area contributed by atoms with Crippen molar-refractivity contribution in [1.29, 1.82) is 0 Å². The fourth-order valence-electron chi connectivity index (χ4n) is 3.56. The third kappa shape index (κ3) is 5.73. The number of piperazine rings is 1. The SMILES string of the molecule is Cc1ccccc1CN1CCN(C(=O)CNC(=O)c2cccc(S(=O)(=O)N(C)C)c2)CC1. The lowest BCUT2D eigenvalue weighted by molar-refractivity contribution is -0.131. The number of nitrogens with one attached hydrogen (secondary N) is 1. The molecule has 1 N–H and O–H groups in total. The molecule has 1 aliphatic rings. The van der Waals surface area contributed by atoms with E-state index in [1.54, 1.807) is 4.90 Å². The van der Waals surface area contributed by atoms with Crippen LogP contribution in [-0.4, -0.2) is 81.2 Å². The van der Waals surface area contributed by atoms with E-state index < -0.39 is 15.9 Å². The average molecular weight is 459 g/mol. The van der Waals surface area contributed by atoms with Crippen molar-refractivity contribution >= 4 is 21.8 Å². The Bertz CT molecular complexity index is 1080. The molecule has 2 aromatic carbocycles. The number of carbonyl (C=O) groups is 2. The molecule has 0 aliphatic carbocycles. The van der Waals surface area contributed by atoms with Crippen molar-refractivity contribution in [3.05, 3.63) is 65.2 Å². The summed E-state index contributed by atoms with van der Waals surface area (Å²) in [5, 5.41) is 2.61. The number of hydrogen-bond donors (Lipinski definition) is 1. The number of hydrogen-bond acceptors (Lipinski definition) is 5. The van der Waals surface area contributed by atoms with E-state index in [0.29, 0.717) is 13.1 Å². The third-order valence-electron chi connectivity index (χ3n) is 5.66. The van der Waals surface area contributed by atoms with Crippen LogP contribution in [0.25, 0.3) is 0 Å². The summed E-state index contributed by atoms with van der Waals surface area (Å²) in [5.41, 5.74) is 2.75. The molecule has 172 valence electrons. The summed E-state index contributed by atoms with van der Waals surface area (Å²) < 4.78 is 25.6. The molecule has 9 heteroatoms. The molecule has 0 saturated carbocycles. The number of benzene rings is 2. The third-order valence-corrected chi connectivity index (χ3v) is 7.47. The quantitative estimate of drug-likeness (QED) is 0.676. The first kappa shape index (κ1) is 23.9. The number of nitrogens with zero attached hydrogens (tertiary/aromatic N) is 3. The molecule has 1 aliphatic heterocycles. The van der Waals surface area contributed by atoms with Crippen molar-refractivity contribution in [3.63, 3.8) is 0 Å². The van der Waals surface area contributed by atoms with E-state index in [1.165, 1.54) is 49.5 Å². The van der Waals surface area contributed by atoms with Crippen LogP contribution in [0, 0.1) is 6.92 Å². The van der Waals surface area contributed by atoms with Gasteiger partial charge in [0.05, 0.1) is 11.4 Å². The molecule has 0 unspecified atom stereocenters. The van der Waals surface area contributed by atoms with Crippen LogP contribution >= 0.6 is 0 Å². The fourth-order valence-corrected chi connectivity index (χ4v) is 4.51. The molecule has 32 heavy (non-hydrogen) atoms. The number of aryl methyl sites for hydroxylation is 1. The molecule has 0 radical (unpaired) electrons. The van der Waals surface area contributed by atoms with E-state index in [0.717, 1.165) is 23.9 Å². The molecule has 2 amide bonds. The summed E-state index contributed by atoms with van der Waals surface area (Å²) in [4.78, 5) is 29.1. The molecular weight excluding hydrogens is 428 g/mol. The highest BCUT2D eigenvalue weighted by Crippen LogP contribution is 2.15. The van der Waals surface area contributed by atoms with Gasteiger partial charge in [-0.15, -0.1) is 0 Å². The Balaban J connectivity index is 1.50. The lowest BCUT2D eigenvalue weighted by Crippen LogP contribution is -2.50. The fraction of sp³-hybridized carbons (Fsp3) is 0.391. The van der Waals surface area contributed by atoms with Crippen LogP contribution in [0.5, 0.6) is 0 Å². The number of carbonyl (C=O) groups excluding carboxylic acids is 2. The summed E-state index contributed by atoms with van der Waals surface area (Å²) >= 11 is 0. The van der Waals surface area contributed by atoms with E-state index in [-0.39, 0.29) is 22.9 Å². The first-order valence-electron chi connectivity index (χ1n) is 10.5. The van der Waals surface area contributed by atoms with Crippen LogP contribution in [0.4, 0.5) is 0 Å². The molecule has 0 aromatic heterocycles. The summed E-state index contributed by atoms with van der Waals surface area (Å²) in [6.45, 7) is 5.60. The monoisotopic (exact) mass is 458 g/mol. The van der Waals surface area contributed by atoms with Gasteiger partial charge in [0.1, 0.15) is 0 Å². The van der Waals surface area contributed by atoms with E-state index in [4.69, 9.17) is 0 Å². The zero-order valence-corrected chi connectivity index (χ0v) is 19.6. The van der Waals surface area contributed by atoms with Crippen LogP contribution in [-0.2, 0) is 21.4 Å². The van der Waals surface area contributed by atoms with Crippen molar-refractivity contribution in [2.75, 3.05) is 46.8 Å². The Hall–Kier alpha value is -2.75. The maximum Gasteiger partial charge on any atom is 0.251 e. The zero-order chi connectivity index (χ0) is 23.3. The second-order valence-corrected chi connectivity index (χ2v) is 10.2. The number of sulfonamides is 1. The van der Waals surface area contributed by atoms with Gasteiger partial charge >= 0.3 is 0 Å². The molecular formula is C23H30N4O4S. The Morgan fingerprint density at radius 1 is 1.00 bits per heavy atom. The average Bonchev–Trinajstić information content (AvgIpc) is 2.79. The molecule has 1 saturated heterocycles. The van der Waals surface area contributed by atoms with Crippen LogP contribution in [0.1, 0.15) is 21.5 Å². The van der Waals surface area contributed by atoms with Gasteiger partial charge in [-0.25, -0.2) is 12.7 Å². The summed E-state index contributed by atoms with van der Waals surface area (Å²) in [6.07, 6.45) is 0. The Morgan fingerprint density at radius 3 is 2.34 bits per heavy atom. The summed E-state index contributed by atoms with van der Waals surface area (Å²) in [6, 6.07) is 14.1. The van der Waals surface area contributed by atoms with Gasteiger partial charge in [0.2, 0.25) is 15.9 Å².